The molecule has 27 heavy (non-hydrogen) atoms. The molecule has 3 heterocycles. The van der Waals surface area contributed by atoms with Crippen molar-refractivity contribution in [2.75, 3.05) is 13.1 Å². The van der Waals surface area contributed by atoms with Gasteiger partial charge in [0.05, 0.1) is 18.3 Å². The predicted octanol–water partition coefficient (Wildman–Crippen LogP) is 2.64. The monoisotopic (exact) mass is 364 g/mol. The second-order valence-electron chi connectivity index (χ2n) is 7.94. The maximum absolute atomic E-state index is 12.9. The van der Waals surface area contributed by atoms with Crippen molar-refractivity contribution < 1.29 is 4.79 Å². The molecule has 0 radical (unpaired) electrons. The maximum atomic E-state index is 12.9. The van der Waals surface area contributed by atoms with E-state index in [0.29, 0.717) is 12.6 Å². The van der Waals surface area contributed by atoms with Gasteiger partial charge in [0.15, 0.2) is 0 Å². The molecule has 3 unspecified atom stereocenters. The Morgan fingerprint density at radius 1 is 1.37 bits per heavy atom. The average Bonchev–Trinajstić information content (AvgIpc) is 3.20. The highest BCUT2D eigenvalue weighted by Crippen LogP contribution is 2.39. The lowest BCUT2D eigenvalue weighted by atomic mass is 9.76. The first-order valence-electron chi connectivity index (χ1n) is 9.99. The fourth-order valence-electron chi connectivity index (χ4n) is 4.66. The third kappa shape index (κ3) is 2.97. The van der Waals surface area contributed by atoms with Crippen LogP contribution >= 0.6 is 0 Å². The van der Waals surface area contributed by atoms with Gasteiger partial charge in [-0.05, 0) is 52.2 Å². The summed E-state index contributed by atoms with van der Waals surface area (Å²) in [5, 5.41) is 4.52. The first-order chi connectivity index (χ1) is 13.0. The van der Waals surface area contributed by atoms with E-state index in [1.54, 1.807) is 0 Å². The topological polar surface area (TPSA) is 47.9 Å². The standard InChI is InChI=1S/C22H28N4O/c1-5-25-19-11-10-17(7-6-12-26-14(2)8-9-15(26)3)13-18(19)21-20(22(25)27)16(4)23-24-21/h10-11,15-16,18,20,23H,2,5,8-9,12-13H2,1,3-4H3/t15-,16?,18?,20?/m0/s1. The summed E-state index contributed by atoms with van der Waals surface area (Å²) in [6.45, 7) is 11.9. The van der Waals surface area contributed by atoms with E-state index in [-0.39, 0.29) is 23.8 Å². The van der Waals surface area contributed by atoms with Crippen LogP contribution < -0.4 is 5.43 Å². The summed E-state index contributed by atoms with van der Waals surface area (Å²) in [6, 6.07) is 0.591. The lowest BCUT2D eigenvalue weighted by molar-refractivity contribution is -0.132. The number of hydrogen-bond acceptors (Lipinski definition) is 4. The molecule has 5 nitrogen and oxygen atoms in total. The fourth-order valence-corrected chi connectivity index (χ4v) is 4.66. The number of nitrogens with zero attached hydrogens (tertiary/aromatic N) is 3. The number of hydrazone groups is 1. The molecule has 1 N–H and O–H groups in total. The van der Waals surface area contributed by atoms with Gasteiger partial charge >= 0.3 is 0 Å². The minimum atomic E-state index is -0.145. The molecular weight excluding hydrogens is 336 g/mol. The Morgan fingerprint density at radius 2 is 2.19 bits per heavy atom. The molecule has 0 saturated carbocycles. The first kappa shape index (κ1) is 17.9. The van der Waals surface area contributed by atoms with E-state index in [1.807, 2.05) is 18.7 Å². The van der Waals surface area contributed by atoms with Crippen LogP contribution in [0.2, 0.25) is 0 Å². The van der Waals surface area contributed by atoms with Crippen LogP contribution in [-0.4, -0.2) is 46.6 Å². The minimum Gasteiger partial charge on any atom is -0.361 e. The summed E-state index contributed by atoms with van der Waals surface area (Å²) in [5.41, 5.74) is 7.49. The fraction of sp³-hybridized carbons (Fsp3) is 0.545. The van der Waals surface area contributed by atoms with Crippen LogP contribution in [-0.2, 0) is 4.79 Å². The number of hydrogen-bond donors (Lipinski definition) is 1. The molecule has 1 amide bonds. The van der Waals surface area contributed by atoms with Crippen LogP contribution in [0.1, 0.15) is 40.0 Å². The van der Waals surface area contributed by atoms with Crippen LogP contribution in [0.3, 0.4) is 0 Å². The van der Waals surface area contributed by atoms with Crippen LogP contribution in [0.25, 0.3) is 0 Å². The quantitative estimate of drug-likeness (QED) is 0.767. The number of likely N-dealkylation sites (tertiary alicyclic amines) is 2. The van der Waals surface area contributed by atoms with Crippen molar-refractivity contribution in [1.82, 2.24) is 15.2 Å². The number of carbonyl (C=O) groups excluding carboxylic acids is 1. The summed E-state index contributed by atoms with van der Waals surface area (Å²) in [7, 11) is 0. The number of nitrogens with one attached hydrogen (secondary N) is 1. The highest BCUT2D eigenvalue weighted by molar-refractivity contribution is 6.11. The molecule has 4 atom stereocenters. The zero-order valence-corrected chi connectivity index (χ0v) is 16.5. The minimum absolute atomic E-state index is 0.0613. The molecule has 4 rings (SSSR count). The lowest BCUT2D eigenvalue weighted by Crippen LogP contribution is -2.51. The predicted molar refractivity (Wildman–Crippen MR) is 108 cm³/mol. The van der Waals surface area contributed by atoms with Gasteiger partial charge in [0.2, 0.25) is 5.91 Å². The Kier molecular flexibility index (Phi) is 4.59. The number of piperidine rings is 1. The Bertz CT molecular complexity index is 825. The van der Waals surface area contributed by atoms with Gasteiger partial charge in [0.25, 0.3) is 0 Å². The van der Waals surface area contributed by atoms with Crippen molar-refractivity contribution in [3.8, 4) is 11.8 Å². The highest BCUT2D eigenvalue weighted by Gasteiger charge is 2.48. The maximum Gasteiger partial charge on any atom is 0.237 e. The van der Waals surface area contributed by atoms with Crippen molar-refractivity contribution in [2.24, 2.45) is 16.9 Å². The number of amides is 1. The summed E-state index contributed by atoms with van der Waals surface area (Å²) in [4.78, 5) is 17.1. The summed E-state index contributed by atoms with van der Waals surface area (Å²) in [5.74, 6) is 6.88. The number of allylic oxidation sites excluding steroid dienone is 5. The normalized spacial score (nSPS) is 32.0. The van der Waals surface area contributed by atoms with Crippen molar-refractivity contribution in [3.05, 3.63) is 35.7 Å². The Hall–Kier alpha value is -2.48. The van der Waals surface area contributed by atoms with Gasteiger partial charge in [0, 0.05) is 35.5 Å². The molecule has 2 fully saturated rings. The van der Waals surface area contributed by atoms with Gasteiger partial charge in [-0.1, -0.05) is 18.4 Å². The molecule has 2 saturated heterocycles. The second-order valence-corrected chi connectivity index (χ2v) is 7.94. The van der Waals surface area contributed by atoms with Crippen LogP contribution in [0.4, 0.5) is 0 Å². The summed E-state index contributed by atoms with van der Waals surface area (Å²) < 4.78 is 0. The van der Waals surface area contributed by atoms with E-state index in [1.165, 1.54) is 12.1 Å². The number of rotatable bonds is 2. The molecule has 142 valence electrons. The number of carbonyl (C=O) groups is 1. The smallest absolute Gasteiger partial charge is 0.237 e. The van der Waals surface area contributed by atoms with E-state index < -0.39 is 0 Å². The molecule has 0 aromatic rings. The zero-order chi connectivity index (χ0) is 19.1. The zero-order valence-electron chi connectivity index (χ0n) is 16.5. The molecule has 3 aliphatic heterocycles. The van der Waals surface area contributed by atoms with Crippen LogP contribution in [0, 0.1) is 23.7 Å². The first-order valence-corrected chi connectivity index (χ1v) is 9.99. The van der Waals surface area contributed by atoms with E-state index in [0.717, 1.165) is 36.4 Å². The number of fused-ring (bicyclic) bond motifs is 3. The molecule has 4 aliphatic rings. The van der Waals surface area contributed by atoms with Gasteiger partial charge in [0.1, 0.15) is 5.92 Å². The highest BCUT2D eigenvalue weighted by atomic mass is 16.2. The van der Waals surface area contributed by atoms with Crippen molar-refractivity contribution in [2.45, 2.75) is 52.1 Å². The average molecular weight is 364 g/mol. The van der Waals surface area contributed by atoms with Gasteiger partial charge < -0.3 is 15.2 Å². The Labute approximate surface area is 161 Å². The van der Waals surface area contributed by atoms with E-state index in [2.05, 4.69) is 52.9 Å². The van der Waals surface area contributed by atoms with Crippen LogP contribution in [0.5, 0.6) is 0 Å². The molecule has 1 aliphatic carbocycles. The largest absolute Gasteiger partial charge is 0.361 e. The molecular formula is C22H28N4O. The second kappa shape index (κ2) is 6.92. The van der Waals surface area contributed by atoms with Gasteiger partial charge in [-0.2, -0.15) is 5.10 Å². The SMILES string of the molecule is C=C1CC[C@H](C)N1CC#CC1=CC=C2C(C1)C1=NNC(C)C1C(=O)N2CC. The molecule has 0 aromatic carbocycles. The molecule has 0 bridgehead atoms. The van der Waals surface area contributed by atoms with E-state index in [9.17, 15) is 4.79 Å². The van der Waals surface area contributed by atoms with Gasteiger partial charge in [-0.3, -0.25) is 4.79 Å². The summed E-state index contributed by atoms with van der Waals surface area (Å²) in [6.07, 6.45) is 7.21. The van der Waals surface area contributed by atoms with Crippen LogP contribution in [0.15, 0.2) is 40.8 Å². The van der Waals surface area contributed by atoms with E-state index >= 15 is 0 Å². The Morgan fingerprint density at radius 3 is 2.89 bits per heavy atom. The molecule has 0 spiro atoms. The van der Waals surface area contributed by atoms with E-state index in [4.69, 9.17) is 0 Å². The molecule has 5 heteroatoms. The van der Waals surface area contributed by atoms with Gasteiger partial charge in [-0.25, -0.2) is 0 Å². The lowest BCUT2D eigenvalue weighted by Gasteiger charge is -2.40. The van der Waals surface area contributed by atoms with Crippen molar-refractivity contribution in [1.29, 1.82) is 0 Å². The van der Waals surface area contributed by atoms with Crippen molar-refractivity contribution in [3.63, 3.8) is 0 Å². The third-order valence-corrected chi connectivity index (χ3v) is 6.26. The Balaban J connectivity index is 1.55. The summed E-state index contributed by atoms with van der Waals surface area (Å²) >= 11 is 0. The van der Waals surface area contributed by atoms with Gasteiger partial charge in [-0.15, -0.1) is 0 Å². The molecule has 0 aromatic heterocycles. The van der Waals surface area contributed by atoms with Crippen molar-refractivity contribution >= 4 is 11.6 Å². The third-order valence-electron chi connectivity index (χ3n) is 6.26.